The SMILES string of the molecule is Oc1[nH+]ccc2cc(OC3CC[NH2+]CC3)ccc12. The largest absolute Gasteiger partial charge is 0.490 e. The Balaban J connectivity index is 1.84. The summed E-state index contributed by atoms with van der Waals surface area (Å²) in [4.78, 5) is 2.79. The first-order valence-corrected chi connectivity index (χ1v) is 6.45. The lowest BCUT2D eigenvalue weighted by Gasteiger charge is -2.21. The summed E-state index contributed by atoms with van der Waals surface area (Å²) in [6.45, 7) is 2.29. The summed E-state index contributed by atoms with van der Waals surface area (Å²) in [5.74, 6) is 1.09. The third-order valence-electron chi connectivity index (χ3n) is 3.45. The molecule has 1 aromatic carbocycles. The van der Waals surface area contributed by atoms with Crippen molar-refractivity contribution < 1.29 is 20.1 Å². The van der Waals surface area contributed by atoms with Crippen molar-refractivity contribution in [2.75, 3.05) is 13.1 Å². The Morgan fingerprint density at radius 2 is 2.06 bits per heavy atom. The van der Waals surface area contributed by atoms with Crippen LogP contribution in [0.2, 0.25) is 0 Å². The van der Waals surface area contributed by atoms with Crippen molar-refractivity contribution in [2.24, 2.45) is 0 Å². The van der Waals surface area contributed by atoms with Gasteiger partial charge in [-0.3, -0.25) is 0 Å². The van der Waals surface area contributed by atoms with Gasteiger partial charge in [0.25, 0.3) is 0 Å². The number of rotatable bonds is 2. The molecule has 2 aromatic rings. The maximum Gasteiger partial charge on any atom is 0.371 e. The fourth-order valence-corrected chi connectivity index (χ4v) is 2.46. The van der Waals surface area contributed by atoms with Gasteiger partial charge in [-0.1, -0.05) is 0 Å². The number of piperidine rings is 1. The number of nitrogens with two attached hydrogens (primary N) is 1. The van der Waals surface area contributed by atoms with E-state index in [1.807, 2.05) is 24.3 Å². The molecule has 0 radical (unpaired) electrons. The molecule has 1 fully saturated rings. The molecular weight excluding hydrogens is 228 g/mol. The van der Waals surface area contributed by atoms with E-state index in [-0.39, 0.29) is 5.88 Å². The van der Waals surface area contributed by atoms with E-state index in [0.29, 0.717) is 6.10 Å². The van der Waals surface area contributed by atoms with Crippen LogP contribution in [0.5, 0.6) is 11.6 Å². The number of quaternary nitrogens is 1. The first-order chi connectivity index (χ1) is 8.83. The molecule has 0 bridgehead atoms. The molecule has 0 amide bonds. The molecular formula is C14H18N2O2+2. The van der Waals surface area contributed by atoms with E-state index < -0.39 is 0 Å². The molecule has 4 N–H and O–H groups in total. The minimum atomic E-state index is 0.200. The van der Waals surface area contributed by atoms with Crippen LogP contribution in [0, 0.1) is 0 Å². The lowest BCUT2D eigenvalue weighted by Crippen LogP contribution is -2.86. The zero-order valence-electron chi connectivity index (χ0n) is 10.2. The second-order valence-corrected chi connectivity index (χ2v) is 4.76. The number of pyridine rings is 1. The number of hydrogen-bond donors (Lipinski definition) is 2. The monoisotopic (exact) mass is 246 g/mol. The fraction of sp³-hybridized carbons (Fsp3) is 0.357. The molecule has 3 rings (SSSR count). The normalized spacial score (nSPS) is 16.9. The average Bonchev–Trinajstić information content (AvgIpc) is 2.40. The van der Waals surface area contributed by atoms with E-state index in [2.05, 4.69) is 10.3 Å². The van der Waals surface area contributed by atoms with Gasteiger partial charge >= 0.3 is 5.88 Å². The van der Waals surface area contributed by atoms with Crippen LogP contribution in [0.3, 0.4) is 0 Å². The quantitative estimate of drug-likeness (QED) is 0.809. The highest BCUT2D eigenvalue weighted by Gasteiger charge is 2.17. The molecule has 0 atom stereocenters. The number of aromatic nitrogens is 1. The van der Waals surface area contributed by atoms with Gasteiger partial charge in [-0.25, -0.2) is 0 Å². The summed E-state index contributed by atoms with van der Waals surface area (Å²) in [7, 11) is 0. The molecule has 0 spiro atoms. The first kappa shape index (κ1) is 11.3. The van der Waals surface area contributed by atoms with Crippen molar-refractivity contribution in [3.05, 3.63) is 30.5 Å². The summed E-state index contributed by atoms with van der Waals surface area (Å²) < 4.78 is 5.99. The average molecular weight is 246 g/mol. The van der Waals surface area contributed by atoms with Gasteiger partial charge in [-0.05, 0) is 18.2 Å². The second kappa shape index (κ2) is 4.82. The van der Waals surface area contributed by atoms with Gasteiger partial charge in [0.15, 0.2) is 6.20 Å². The molecule has 1 aliphatic heterocycles. The summed E-state index contributed by atoms with van der Waals surface area (Å²) in [6.07, 6.45) is 4.27. The molecule has 0 unspecified atom stereocenters. The smallest absolute Gasteiger partial charge is 0.371 e. The van der Waals surface area contributed by atoms with Gasteiger partial charge in [0.05, 0.1) is 18.5 Å². The number of benzene rings is 1. The lowest BCUT2D eigenvalue weighted by atomic mass is 10.1. The van der Waals surface area contributed by atoms with Crippen molar-refractivity contribution in [3.63, 3.8) is 0 Å². The fourth-order valence-electron chi connectivity index (χ4n) is 2.46. The minimum Gasteiger partial charge on any atom is -0.490 e. The predicted octanol–water partition coefficient (Wildman–Crippen LogP) is 0.464. The first-order valence-electron chi connectivity index (χ1n) is 6.45. The van der Waals surface area contributed by atoms with E-state index in [9.17, 15) is 5.11 Å². The van der Waals surface area contributed by atoms with Gasteiger partial charge in [-0.15, -0.1) is 0 Å². The standard InChI is InChI=1S/C14H16N2O2/c17-14-13-2-1-12(9-10(13)3-8-16-14)18-11-4-6-15-7-5-11/h1-3,8-9,11,15H,4-7H2,(H,16,17)/p+2. The van der Waals surface area contributed by atoms with Crippen LogP contribution in [0.1, 0.15) is 12.8 Å². The van der Waals surface area contributed by atoms with Crippen LogP contribution in [-0.4, -0.2) is 24.3 Å². The van der Waals surface area contributed by atoms with Crippen molar-refractivity contribution in [1.29, 1.82) is 0 Å². The lowest BCUT2D eigenvalue weighted by molar-refractivity contribution is -0.664. The van der Waals surface area contributed by atoms with Crippen LogP contribution < -0.4 is 15.0 Å². The summed E-state index contributed by atoms with van der Waals surface area (Å²) in [5.41, 5.74) is 0. The molecule has 0 aliphatic carbocycles. The molecule has 18 heavy (non-hydrogen) atoms. The molecule has 1 aromatic heterocycles. The predicted molar refractivity (Wildman–Crippen MR) is 67.5 cm³/mol. The topological polar surface area (TPSA) is 60.2 Å². The number of ether oxygens (including phenoxy) is 1. The van der Waals surface area contributed by atoms with E-state index in [1.54, 1.807) is 6.20 Å². The molecule has 4 heteroatoms. The molecule has 2 heterocycles. The van der Waals surface area contributed by atoms with Crippen LogP contribution in [-0.2, 0) is 0 Å². The Labute approximate surface area is 106 Å². The molecule has 94 valence electrons. The van der Waals surface area contributed by atoms with Gasteiger partial charge in [0.2, 0.25) is 0 Å². The second-order valence-electron chi connectivity index (χ2n) is 4.76. The van der Waals surface area contributed by atoms with Gasteiger partial charge in [0.1, 0.15) is 11.9 Å². The maximum absolute atomic E-state index is 9.68. The van der Waals surface area contributed by atoms with E-state index in [1.165, 1.54) is 0 Å². The van der Waals surface area contributed by atoms with Crippen molar-refractivity contribution >= 4 is 10.8 Å². The van der Waals surface area contributed by atoms with E-state index in [0.717, 1.165) is 42.5 Å². The Morgan fingerprint density at radius 1 is 1.22 bits per heavy atom. The van der Waals surface area contributed by atoms with Crippen molar-refractivity contribution in [3.8, 4) is 11.6 Å². The highest BCUT2D eigenvalue weighted by molar-refractivity contribution is 5.86. The van der Waals surface area contributed by atoms with Crippen molar-refractivity contribution in [2.45, 2.75) is 18.9 Å². The summed E-state index contributed by atoms with van der Waals surface area (Å²) in [6, 6.07) is 7.75. The Kier molecular flexibility index (Phi) is 3.02. The Hall–Kier alpha value is -1.81. The molecule has 1 aliphatic rings. The maximum atomic E-state index is 9.68. The number of aromatic hydroxyl groups is 1. The zero-order chi connectivity index (χ0) is 12.4. The van der Waals surface area contributed by atoms with Gasteiger partial charge < -0.3 is 15.2 Å². The van der Waals surface area contributed by atoms with Crippen LogP contribution in [0.15, 0.2) is 30.5 Å². The third kappa shape index (κ3) is 2.24. The highest BCUT2D eigenvalue weighted by Crippen LogP contribution is 2.25. The number of aromatic amines is 1. The number of nitrogens with one attached hydrogen (secondary N) is 1. The number of fused-ring (bicyclic) bond motifs is 1. The van der Waals surface area contributed by atoms with Crippen LogP contribution >= 0.6 is 0 Å². The molecule has 0 saturated carbocycles. The third-order valence-corrected chi connectivity index (χ3v) is 3.45. The van der Waals surface area contributed by atoms with Crippen LogP contribution in [0.4, 0.5) is 0 Å². The summed E-state index contributed by atoms with van der Waals surface area (Å²) in [5, 5.41) is 13.8. The van der Waals surface area contributed by atoms with E-state index >= 15 is 0 Å². The van der Waals surface area contributed by atoms with Gasteiger partial charge in [-0.2, -0.15) is 4.98 Å². The van der Waals surface area contributed by atoms with Crippen molar-refractivity contribution in [1.82, 2.24) is 0 Å². The Morgan fingerprint density at radius 3 is 2.89 bits per heavy atom. The number of H-pyrrole nitrogens is 1. The van der Waals surface area contributed by atoms with Crippen LogP contribution in [0.25, 0.3) is 10.8 Å². The minimum absolute atomic E-state index is 0.200. The highest BCUT2D eigenvalue weighted by atomic mass is 16.5. The zero-order valence-corrected chi connectivity index (χ0v) is 10.2. The number of hydrogen-bond acceptors (Lipinski definition) is 2. The summed E-state index contributed by atoms with van der Waals surface area (Å²) >= 11 is 0. The molecule has 4 nitrogen and oxygen atoms in total. The van der Waals surface area contributed by atoms with E-state index in [4.69, 9.17) is 4.74 Å². The molecule has 1 saturated heterocycles. The van der Waals surface area contributed by atoms with Gasteiger partial charge in [0, 0.05) is 24.3 Å². The Bertz CT molecular complexity index is 550.